The molecule has 0 aliphatic rings. The largest absolute Gasteiger partial charge is 0.497 e. The van der Waals surface area contributed by atoms with Gasteiger partial charge in [0.2, 0.25) is 0 Å². The number of hydrogen-bond acceptors (Lipinski definition) is 4. The Morgan fingerprint density at radius 2 is 2.11 bits per heavy atom. The van der Waals surface area contributed by atoms with Crippen LogP contribution in [0.1, 0.15) is 25.6 Å². The van der Waals surface area contributed by atoms with Gasteiger partial charge in [0.25, 0.3) is 0 Å². The van der Waals surface area contributed by atoms with Crippen molar-refractivity contribution in [2.75, 3.05) is 7.11 Å². The molecule has 0 unspecified atom stereocenters. The molecule has 0 saturated carbocycles. The zero-order valence-corrected chi connectivity index (χ0v) is 12.7. The molecular formula is C15H20N2OS. The molecule has 0 aliphatic heterocycles. The number of nitrogens with zero attached hydrogens (tertiary/aromatic N) is 1. The maximum atomic E-state index is 5.24. The zero-order chi connectivity index (χ0) is 13.9. The van der Waals surface area contributed by atoms with E-state index >= 15 is 0 Å². The lowest BCUT2D eigenvalue weighted by molar-refractivity contribution is 0.415. The van der Waals surface area contributed by atoms with E-state index in [-0.39, 0.29) is 5.54 Å². The van der Waals surface area contributed by atoms with Crippen molar-refractivity contribution in [1.82, 2.24) is 10.3 Å². The number of ether oxygens (including phenoxy) is 1. The van der Waals surface area contributed by atoms with E-state index in [0.29, 0.717) is 0 Å². The number of aromatic nitrogens is 1. The second-order valence-corrected chi connectivity index (χ2v) is 6.58. The second-order valence-electron chi connectivity index (χ2n) is 5.47. The number of methoxy groups -OCH3 is 1. The number of rotatable bonds is 4. The van der Waals surface area contributed by atoms with Crippen LogP contribution in [0.3, 0.4) is 0 Å². The molecule has 0 saturated heterocycles. The van der Waals surface area contributed by atoms with Gasteiger partial charge in [-0.1, -0.05) is 12.1 Å². The van der Waals surface area contributed by atoms with Crippen molar-refractivity contribution in [2.24, 2.45) is 0 Å². The van der Waals surface area contributed by atoms with Crippen LogP contribution >= 0.6 is 11.3 Å². The minimum atomic E-state index is 0.125. The van der Waals surface area contributed by atoms with Gasteiger partial charge in [-0.2, -0.15) is 0 Å². The van der Waals surface area contributed by atoms with Crippen LogP contribution in [-0.2, 0) is 6.54 Å². The van der Waals surface area contributed by atoms with Gasteiger partial charge in [0.15, 0.2) is 0 Å². The fourth-order valence-corrected chi connectivity index (χ4v) is 2.48. The normalized spacial score (nSPS) is 11.6. The Bertz CT molecular complexity index is 543. The summed E-state index contributed by atoms with van der Waals surface area (Å²) in [4.78, 5) is 5.73. The Labute approximate surface area is 118 Å². The Morgan fingerprint density at radius 1 is 1.32 bits per heavy atom. The van der Waals surface area contributed by atoms with E-state index in [1.54, 1.807) is 18.4 Å². The minimum Gasteiger partial charge on any atom is -0.497 e. The smallest absolute Gasteiger partial charge is 0.123 e. The molecule has 19 heavy (non-hydrogen) atoms. The topological polar surface area (TPSA) is 34.1 Å². The van der Waals surface area contributed by atoms with E-state index in [4.69, 9.17) is 4.74 Å². The molecule has 1 heterocycles. The Hall–Kier alpha value is -1.39. The molecule has 2 rings (SSSR count). The van der Waals surface area contributed by atoms with Gasteiger partial charge < -0.3 is 10.1 Å². The highest BCUT2D eigenvalue weighted by atomic mass is 32.1. The first-order valence-electron chi connectivity index (χ1n) is 6.32. The first-order valence-corrected chi connectivity index (χ1v) is 7.14. The highest BCUT2D eigenvalue weighted by Crippen LogP contribution is 2.28. The molecule has 0 atom stereocenters. The maximum absolute atomic E-state index is 5.24. The molecule has 0 spiro atoms. The summed E-state index contributed by atoms with van der Waals surface area (Å²) in [5.41, 5.74) is 1.23. The lowest BCUT2D eigenvalue weighted by Gasteiger charge is -2.19. The Morgan fingerprint density at radius 3 is 2.79 bits per heavy atom. The molecule has 3 nitrogen and oxygen atoms in total. The summed E-state index contributed by atoms with van der Waals surface area (Å²) in [5.74, 6) is 0.863. The van der Waals surface area contributed by atoms with Gasteiger partial charge in [-0.25, -0.2) is 4.98 Å². The monoisotopic (exact) mass is 276 g/mol. The highest BCUT2D eigenvalue weighted by Gasteiger charge is 2.10. The first kappa shape index (κ1) is 14.0. The average molecular weight is 276 g/mol. The van der Waals surface area contributed by atoms with E-state index in [1.165, 1.54) is 4.88 Å². The fourth-order valence-electron chi connectivity index (χ4n) is 1.63. The van der Waals surface area contributed by atoms with Crippen LogP contribution in [0.2, 0.25) is 0 Å². The summed E-state index contributed by atoms with van der Waals surface area (Å²) in [6, 6.07) is 8.00. The summed E-state index contributed by atoms with van der Waals surface area (Å²) in [6.07, 6.45) is 1.94. The summed E-state index contributed by atoms with van der Waals surface area (Å²) in [5, 5.41) is 4.50. The van der Waals surface area contributed by atoms with Crippen molar-refractivity contribution in [1.29, 1.82) is 0 Å². The van der Waals surface area contributed by atoms with E-state index < -0.39 is 0 Å². The Balaban J connectivity index is 2.12. The quantitative estimate of drug-likeness (QED) is 0.924. The number of benzene rings is 1. The third-order valence-corrected chi connectivity index (χ3v) is 3.71. The molecule has 4 heteroatoms. The molecule has 2 aromatic rings. The van der Waals surface area contributed by atoms with Crippen LogP contribution in [0, 0.1) is 0 Å². The van der Waals surface area contributed by atoms with E-state index in [1.807, 2.05) is 24.4 Å². The molecule has 1 aromatic carbocycles. The molecular weight excluding hydrogens is 256 g/mol. The minimum absolute atomic E-state index is 0.125. The average Bonchev–Trinajstić information content (AvgIpc) is 2.84. The molecule has 0 radical (unpaired) electrons. The third kappa shape index (κ3) is 4.04. The number of thiazole rings is 1. The number of hydrogen-bond donors (Lipinski definition) is 1. The van der Waals surface area contributed by atoms with E-state index in [9.17, 15) is 0 Å². The molecule has 1 aromatic heterocycles. The maximum Gasteiger partial charge on any atom is 0.123 e. The van der Waals surface area contributed by atoms with Crippen LogP contribution in [0.15, 0.2) is 30.5 Å². The van der Waals surface area contributed by atoms with Crippen molar-refractivity contribution in [3.63, 3.8) is 0 Å². The first-order chi connectivity index (χ1) is 8.98. The van der Waals surface area contributed by atoms with Gasteiger partial charge >= 0.3 is 0 Å². The Kier molecular flexibility index (Phi) is 4.22. The predicted molar refractivity (Wildman–Crippen MR) is 80.7 cm³/mol. The lowest BCUT2D eigenvalue weighted by Crippen LogP contribution is -2.34. The molecule has 0 bridgehead atoms. The molecule has 102 valence electrons. The van der Waals surface area contributed by atoms with Gasteiger partial charge in [-0.05, 0) is 32.9 Å². The summed E-state index contributed by atoms with van der Waals surface area (Å²) in [7, 11) is 1.68. The fraction of sp³-hybridized carbons (Fsp3) is 0.400. The number of nitrogens with one attached hydrogen (secondary N) is 1. The van der Waals surface area contributed by atoms with Gasteiger partial charge in [-0.3, -0.25) is 0 Å². The van der Waals surface area contributed by atoms with Crippen molar-refractivity contribution in [3.8, 4) is 16.3 Å². The van der Waals surface area contributed by atoms with Crippen molar-refractivity contribution >= 4 is 11.3 Å². The van der Waals surface area contributed by atoms with Crippen molar-refractivity contribution < 1.29 is 4.74 Å². The summed E-state index contributed by atoms with van der Waals surface area (Å²) < 4.78 is 5.24. The third-order valence-electron chi connectivity index (χ3n) is 2.66. The second kappa shape index (κ2) is 5.72. The van der Waals surface area contributed by atoms with Gasteiger partial charge in [0.1, 0.15) is 10.8 Å². The van der Waals surface area contributed by atoms with Crippen LogP contribution in [0.4, 0.5) is 0 Å². The van der Waals surface area contributed by atoms with Crippen LogP contribution < -0.4 is 10.1 Å². The van der Waals surface area contributed by atoms with Crippen LogP contribution in [0.25, 0.3) is 10.6 Å². The molecule has 0 aliphatic carbocycles. The lowest BCUT2D eigenvalue weighted by atomic mass is 10.1. The van der Waals surface area contributed by atoms with Gasteiger partial charge in [0, 0.05) is 28.7 Å². The SMILES string of the molecule is COc1cccc(-c2ncc(CNC(C)(C)C)s2)c1. The van der Waals surface area contributed by atoms with Crippen molar-refractivity contribution in [2.45, 2.75) is 32.9 Å². The van der Waals surface area contributed by atoms with Gasteiger partial charge in [-0.15, -0.1) is 11.3 Å². The summed E-state index contributed by atoms with van der Waals surface area (Å²) in [6.45, 7) is 7.34. The predicted octanol–water partition coefficient (Wildman–Crippen LogP) is 3.71. The van der Waals surface area contributed by atoms with Crippen LogP contribution in [0.5, 0.6) is 5.75 Å². The molecule has 1 N–H and O–H groups in total. The van der Waals surface area contributed by atoms with Crippen LogP contribution in [-0.4, -0.2) is 17.6 Å². The van der Waals surface area contributed by atoms with Gasteiger partial charge in [0.05, 0.1) is 7.11 Å². The zero-order valence-electron chi connectivity index (χ0n) is 11.9. The highest BCUT2D eigenvalue weighted by molar-refractivity contribution is 7.15. The van der Waals surface area contributed by atoms with E-state index in [2.05, 4.69) is 37.1 Å². The van der Waals surface area contributed by atoms with Crippen molar-refractivity contribution in [3.05, 3.63) is 35.3 Å². The van der Waals surface area contributed by atoms with E-state index in [0.717, 1.165) is 22.9 Å². The standard InChI is InChI=1S/C15H20N2OS/c1-15(2,3)17-10-13-9-16-14(19-13)11-6-5-7-12(8-11)18-4/h5-9,17H,10H2,1-4H3. The molecule has 0 fully saturated rings. The summed E-state index contributed by atoms with van der Waals surface area (Å²) >= 11 is 1.72. The molecule has 0 amide bonds.